The summed E-state index contributed by atoms with van der Waals surface area (Å²) in [4.78, 5) is 14.3. The molecular formula is C19H26N4O4S. The van der Waals surface area contributed by atoms with Gasteiger partial charge in [0.2, 0.25) is 10.0 Å². The summed E-state index contributed by atoms with van der Waals surface area (Å²) in [6, 6.07) is 8.17. The number of sulfonamides is 1. The van der Waals surface area contributed by atoms with E-state index in [1.165, 1.54) is 4.31 Å². The van der Waals surface area contributed by atoms with Crippen molar-refractivity contribution >= 4 is 21.9 Å². The first-order valence-corrected chi connectivity index (χ1v) is 10.6. The second kappa shape index (κ2) is 7.56. The minimum atomic E-state index is -3.55. The lowest BCUT2D eigenvalue weighted by molar-refractivity contribution is 0.184. The van der Waals surface area contributed by atoms with Crippen LogP contribution in [0.4, 0.5) is 10.6 Å². The second-order valence-corrected chi connectivity index (χ2v) is 9.90. The maximum atomic E-state index is 12.7. The molecule has 2 heterocycles. The number of hydrogen-bond donors (Lipinski definition) is 1. The first kappa shape index (κ1) is 20.3. The first-order valence-electron chi connectivity index (χ1n) is 9.17. The van der Waals surface area contributed by atoms with Crippen molar-refractivity contribution in [3.8, 4) is 0 Å². The second-order valence-electron chi connectivity index (χ2n) is 7.96. The molecule has 0 aliphatic carbocycles. The highest BCUT2D eigenvalue weighted by atomic mass is 32.2. The quantitative estimate of drug-likeness (QED) is 0.846. The molecule has 3 rings (SSSR count). The van der Waals surface area contributed by atoms with Crippen LogP contribution in [-0.4, -0.2) is 55.0 Å². The molecule has 28 heavy (non-hydrogen) atoms. The Morgan fingerprint density at radius 3 is 2.25 bits per heavy atom. The van der Waals surface area contributed by atoms with Crippen molar-refractivity contribution in [1.82, 2.24) is 14.4 Å². The molecule has 1 fully saturated rings. The van der Waals surface area contributed by atoms with Crippen LogP contribution in [0.1, 0.15) is 32.1 Å². The Balaban J connectivity index is 1.59. The Labute approximate surface area is 165 Å². The van der Waals surface area contributed by atoms with E-state index < -0.39 is 10.0 Å². The molecule has 8 nitrogen and oxygen atoms in total. The Bertz CT molecular complexity index is 937. The third-order valence-electron chi connectivity index (χ3n) is 4.67. The number of piperazine rings is 1. The Hall–Kier alpha value is -2.39. The molecule has 0 saturated carbocycles. The Morgan fingerprint density at radius 2 is 1.71 bits per heavy atom. The number of anilines is 1. The van der Waals surface area contributed by atoms with E-state index in [1.54, 1.807) is 35.2 Å². The van der Waals surface area contributed by atoms with Gasteiger partial charge in [-0.05, 0) is 19.1 Å². The largest absolute Gasteiger partial charge is 0.359 e. The van der Waals surface area contributed by atoms with Crippen molar-refractivity contribution < 1.29 is 17.7 Å². The van der Waals surface area contributed by atoms with Crippen LogP contribution in [-0.2, 0) is 15.4 Å². The third-order valence-corrected chi connectivity index (χ3v) is 6.58. The number of carbonyl (C=O) groups excluding carboxylic acids is 1. The van der Waals surface area contributed by atoms with Gasteiger partial charge >= 0.3 is 6.03 Å². The molecule has 1 aromatic heterocycles. The molecule has 0 bridgehead atoms. The standard InChI is InChI=1S/C19H26N4O4S/c1-14-5-7-15(8-6-14)28(25,26)23-11-9-22(10-12-23)18(24)20-17-13-16(27-21-17)19(2,3)4/h5-8,13H,9-12H2,1-4H3,(H,20,21,24). The van der Waals surface area contributed by atoms with E-state index in [-0.39, 0.29) is 29.4 Å². The topological polar surface area (TPSA) is 95.8 Å². The summed E-state index contributed by atoms with van der Waals surface area (Å²) in [6.45, 7) is 8.99. The zero-order valence-electron chi connectivity index (χ0n) is 16.6. The molecule has 152 valence electrons. The van der Waals surface area contributed by atoms with Gasteiger partial charge in [-0.2, -0.15) is 4.31 Å². The van der Waals surface area contributed by atoms with Crippen LogP contribution in [0.5, 0.6) is 0 Å². The van der Waals surface area contributed by atoms with Gasteiger partial charge in [0, 0.05) is 37.7 Å². The number of urea groups is 1. The van der Waals surface area contributed by atoms with Crippen LogP contribution in [0.15, 0.2) is 39.8 Å². The first-order chi connectivity index (χ1) is 13.1. The molecule has 0 spiro atoms. The average molecular weight is 407 g/mol. The normalized spacial score (nSPS) is 16.2. The van der Waals surface area contributed by atoms with Gasteiger partial charge in [-0.25, -0.2) is 13.2 Å². The van der Waals surface area contributed by atoms with Crippen LogP contribution in [0, 0.1) is 6.92 Å². The third kappa shape index (κ3) is 4.36. The van der Waals surface area contributed by atoms with E-state index in [9.17, 15) is 13.2 Å². The number of rotatable bonds is 3. The lowest BCUT2D eigenvalue weighted by Crippen LogP contribution is -2.51. The molecule has 0 radical (unpaired) electrons. The highest BCUT2D eigenvalue weighted by Gasteiger charge is 2.30. The number of hydrogen-bond acceptors (Lipinski definition) is 5. The zero-order valence-corrected chi connectivity index (χ0v) is 17.4. The van der Waals surface area contributed by atoms with Crippen LogP contribution in [0.2, 0.25) is 0 Å². The number of nitrogens with zero attached hydrogens (tertiary/aromatic N) is 3. The summed E-state index contributed by atoms with van der Waals surface area (Å²) in [7, 11) is -3.55. The monoisotopic (exact) mass is 406 g/mol. The van der Waals surface area contributed by atoms with E-state index >= 15 is 0 Å². The van der Waals surface area contributed by atoms with Crippen molar-refractivity contribution in [2.45, 2.75) is 38.0 Å². The highest BCUT2D eigenvalue weighted by Crippen LogP contribution is 2.24. The predicted octanol–water partition coefficient (Wildman–Crippen LogP) is 2.82. The summed E-state index contributed by atoms with van der Waals surface area (Å²) < 4.78 is 32.2. The van der Waals surface area contributed by atoms with E-state index in [4.69, 9.17) is 4.52 Å². The van der Waals surface area contributed by atoms with Crippen LogP contribution in [0.25, 0.3) is 0 Å². The maximum absolute atomic E-state index is 12.7. The molecule has 1 aliphatic heterocycles. The summed E-state index contributed by atoms with van der Waals surface area (Å²) >= 11 is 0. The van der Waals surface area contributed by atoms with Gasteiger partial charge in [-0.3, -0.25) is 5.32 Å². The molecule has 2 amide bonds. The van der Waals surface area contributed by atoms with Crippen LogP contribution < -0.4 is 5.32 Å². The summed E-state index contributed by atoms with van der Waals surface area (Å²) in [6.07, 6.45) is 0. The number of benzene rings is 1. The number of aromatic nitrogens is 1. The van der Waals surface area contributed by atoms with Gasteiger partial charge < -0.3 is 9.42 Å². The van der Waals surface area contributed by atoms with Crippen molar-refractivity contribution in [3.63, 3.8) is 0 Å². The molecule has 1 aromatic carbocycles. The molecule has 1 aliphatic rings. The molecule has 9 heteroatoms. The maximum Gasteiger partial charge on any atom is 0.323 e. The molecule has 0 unspecified atom stereocenters. The SMILES string of the molecule is Cc1ccc(S(=O)(=O)N2CCN(C(=O)Nc3cc(C(C)(C)C)on3)CC2)cc1. The van der Waals surface area contributed by atoms with Gasteiger partial charge in [0.05, 0.1) is 4.90 Å². The number of carbonyl (C=O) groups is 1. The highest BCUT2D eigenvalue weighted by molar-refractivity contribution is 7.89. The van der Waals surface area contributed by atoms with Gasteiger partial charge in [0.1, 0.15) is 5.76 Å². The number of nitrogens with one attached hydrogen (secondary N) is 1. The summed E-state index contributed by atoms with van der Waals surface area (Å²) in [5, 5.41) is 6.59. The Kier molecular flexibility index (Phi) is 5.49. The van der Waals surface area contributed by atoms with Crippen LogP contribution in [0.3, 0.4) is 0 Å². The van der Waals surface area contributed by atoms with E-state index in [0.717, 1.165) is 5.56 Å². The lowest BCUT2D eigenvalue weighted by Gasteiger charge is -2.33. The van der Waals surface area contributed by atoms with Crippen molar-refractivity contribution in [1.29, 1.82) is 0 Å². The predicted molar refractivity (Wildman–Crippen MR) is 106 cm³/mol. The minimum Gasteiger partial charge on any atom is -0.359 e. The average Bonchev–Trinajstić information content (AvgIpc) is 3.11. The van der Waals surface area contributed by atoms with E-state index in [1.807, 2.05) is 27.7 Å². The lowest BCUT2D eigenvalue weighted by atomic mass is 9.93. The van der Waals surface area contributed by atoms with Gasteiger partial charge in [-0.1, -0.05) is 43.6 Å². The fraction of sp³-hybridized carbons (Fsp3) is 0.474. The fourth-order valence-electron chi connectivity index (χ4n) is 2.87. The molecule has 1 saturated heterocycles. The molecule has 2 aromatic rings. The summed E-state index contributed by atoms with van der Waals surface area (Å²) in [5.74, 6) is 1.03. The van der Waals surface area contributed by atoms with E-state index in [2.05, 4.69) is 10.5 Å². The number of aryl methyl sites for hydroxylation is 1. The van der Waals surface area contributed by atoms with Gasteiger partial charge in [-0.15, -0.1) is 0 Å². The van der Waals surface area contributed by atoms with Crippen molar-refractivity contribution in [3.05, 3.63) is 41.7 Å². The zero-order chi connectivity index (χ0) is 20.5. The fourth-order valence-corrected chi connectivity index (χ4v) is 4.29. The smallest absolute Gasteiger partial charge is 0.323 e. The minimum absolute atomic E-state index is 0.202. The molecule has 1 N–H and O–H groups in total. The Morgan fingerprint density at radius 1 is 1.11 bits per heavy atom. The molecule has 0 atom stereocenters. The van der Waals surface area contributed by atoms with E-state index in [0.29, 0.717) is 24.7 Å². The van der Waals surface area contributed by atoms with Crippen molar-refractivity contribution in [2.75, 3.05) is 31.5 Å². The van der Waals surface area contributed by atoms with Crippen LogP contribution >= 0.6 is 0 Å². The van der Waals surface area contributed by atoms with Gasteiger partial charge in [0.15, 0.2) is 5.82 Å². The summed E-state index contributed by atoms with van der Waals surface area (Å²) in [5.41, 5.74) is 0.800. The van der Waals surface area contributed by atoms with Gasteiger partial charge in [0.25, 0.3) is 0 Å². The molecular weight excluding hydrogens is 380 g/mol. The van der Waals surface area contributed by atoms with Crippen molar-refractivity contribution in [2.24, 2.45) is 0 Å². The number of amides is 2.